The van der Waals surface area contributed by atoms with E-state index in [1.165, 1.54) is 11.8 Å². The highest BCUT2D eigenvalue weighted by Crippen LogP contribution is 2.35. The lowest BCUT2D eigenvalue weighted by molar-refractivity contribution is -0.122. The molecule has 146 valence electrons. The smallest absolute Gasteiger partial charge is 0.266 e. The lowest BCUT2D eigenvalue weighted by Crippen LogP contribution is -2.27. The summed E-state index contributed by atoms with van der Waals surface area (Å²) in [4.78, 5) is 15.0. The molecule has 0 radical (unpaired) electrons. The standard InChI is InChI=1S/C22H16ClNO3S2/c1-26-15-8-6-14(7-9-15)13-24-21(25)20(29-22(24)28)12-16-10-11-19(27-16)17-4-2-3-5-18(17)23/h2-12H,13H2,1H3. The van der Waals surface area contributed by atoms with Crippen molar-refractivity contribution >= 4 is 51.9 Å². The normalized spacial score (nSPS) is 15.4. The summed E-state index contributed by atoms with van der Waals surface area (Å²) in [6.45, 7) is 0.412. The van der Waals surface area contributed by atoms with Gasteiger partial charge in [0.25, 0.3) is 5.91 Å². The number of benzene rings is 2. The monoisotopic (exact) mass is 441 g/mol. The molecule has 2 aromatic carbocycles. The van der Waals surface area contributed by atoms with Crippen LogP contribution in [0.25, 0.3) is 17.4 Å². The van der Waals surface area contributed by atoms with Crippen molar-refractivity contribution in [3.8, 4) is 17.1 Å². The van der Waals surface area contributed by atoms with Gasteiger partial charge >= 0.3 is 0 Å². The van der Waals surface area contributed by atoms with Gasteiger partial charge in [0.15, 0.2) is 0 Å². The molecule has 0 unspecified atom stereocenters. The molecule has 0 spiro atoms. The number of amides is 1. The molecular weight excluding hydrogens is 426 g/mol. The lowest BCUT2D eigenvalue weighted by Gasteiger charge is -2.14. The molecule has 4 nitrogen and oxygen atoms in total. The Labute approximate surface area is 183 Å². The molecule has 29 heavy (non-hydrogen) atoms. The van der Waals surface area contributed by atoms with Crippen LogP contribution < -0.4 is 4.74 Å². The number of hydrogen-bond donors (Lipinski definition) is 0. The Bertz CT molecular complexity index is 1110. The summed E-state index contributed by atoms with van der Waals surface area (Å²) in [5.41, 5.74) is 1.78. The quantitative estimate of drug-likeness (QED) is 0.358. The van der Waals surface area contributed by atoms with Gasteiger partial charge in [-0.05, 0) is 42.0 Å². The van der Waals surface area contributed by atoms with Crippen LogP contribution in [0.4, 0.5) is 0 Å². The van der Waals surface area contributed by atoms with Crippen molar-refractivity contribution in [2.24, 2.45) is 0 Å². The van der Waals surface area contributed by atoms with Crippen LogP contribution in [0.3, 0.4) is 0 Å². The van der Waals surface area contributed by atoms with Crippen molar-refractivity contribution < 1.29 is 13.9 Å². The topological polar surface area (TPSA) is 42.7 Å². The minimum atomic E-state index is -0.133. The van der Waals surface area contributed by atoms with E-state index >= 15 is 0 Å². The number of methoxy groups -OCH3 is 1. The molecule has 4 rings (SSSR count). The van der Waals surface area contributed by atoms with Crippen LogP contribution >= 0.6 is 35.6 Å². The van der Waals surface area contributed by atoms with Crippen molar-refractivity contribution in [3.05, 3.63) is 81.9 Å². The zero-order valence-electron chi connectivity index (χ0n) is 15.4. The van der Waals surface area contributed by atoms with Crippen molar-refractivity contribution in [2.75, 3.05) is 7.11 Å². The van der Waals surface area contributed by atoms with Gasteiger partial charge in [0.2, 0.25) is 0 Å². The zero-order valence-corrected chi connectivity index (χ0v) is 17.8. The van der Waals surface area contributed by atoms with Crippen LogP contribution in [0, 0.1) is 0 Å². The second-order valence-electron chi connectivity index (χ2n) is 6.30. The highest BCUT2D eigenvalue weighted by Gasteiger charge is 2.32. The molecule has 1 aliphatic rings. The number of ether oxygens (including phenoxy) is 1. The van der Waals surface area contributed by atoms with Crippen LogP contribution in [0.15, 0.2) is 70.0 Å². The van der Waals surface area contributed by atoms with E-state index in [0.717, 1.165) is 16.9 Å². The molecule has 0 saturated carbocycles. The second-order valence-corrected chi connectivity index (χ2v) is 8.38. The van der Waals surface area contributed by atoms with Crippen LogP contribution in [0.5, 0.6) is 5.75 Å². The summed E-state index contributed by atoms with van der Waals surface area (Å²) in [7, 11) is 1.62. The summed E-state index contributed by atoms with van der Waals surface area (Å²) in [5.74, 6) is 1.86. The van der Waals surface area contributed by atoms with Gasteiger partial charge in [-0.3, -0.25) is 9.69 Å². The molecule has 1 amide bonds. The van der Waals surface area contributed by atoms with E-state index in [9.17, 15) is 4.79 Å². The fourth-order valence-corrected chi connectivity index (χ4v) is 4.38. The van der Waals surface area contributed by atoms with Gasteiger partial charge in [-0.2, -0.15) is 0 Å². The van der Waals surface area contributed by atoms with Gasteiger partial charge in [0, 0.05) is 11.6 Å². The maximum absolute atomic E-state index is 12.8. The first-order chi connectivity index (χ1) is 14.0. The third-order valence-electron chi connectivity index (χ3n) is 4.41. The molecule has 0 N–H and O–H groups in total. The SMILES string of the molecule is COc1ccc(CN2C(=O)C(=Cc3ccc(-c4ccccc4Cl)o3)SC2=S)cc1. The van der Waals surface area contributed by atoms with Crippen LogP contribution in [0.2, 0.25) is 5.02 Å². The largest absolute Gasteiger partial charge is 0.497 e. The average molecular weight is 442 g/mol. The summed E-state index contributed by atoms with van der Waals surface area (Å²) >= 11 is 12.9. The summed E-state index contributed by atoms with van der Waals surface area (Å²) in [5, 5.41) is 0.610. The third kappa shape index (κ3) is 4.24. The third-order valence-corrected chi connectivity index (χ3v) is 6.12. The number of carbonyl (C=O) groups excluding carboxylic acids is 1. The van der Waals surface area contributed by atoms with Crippen molar-refractivity contribution in [2.45, 2.75) is 6.54 Å². The van der Waals surface area contributed by atoms with E-state index in [0.29, 0.717) is 32.3 Å². The molecule has 2 heterocycles. The fourth-order valence-electron chi connectivity index (χ4n) is 2.92. The number of rotatable bonds is 5. The molecule has 7 heteroatoms. The Morgan fingerprint density at radius 3 is 2.62 bits per heavy atom. The number of halogens is 1. The molecule has 0 bridgehead atoms. The number of thiocarbonyl (C=S) groups is 1. The maximum atomic E-state index is 12.8. The molecule has 0 aliphatic carbocycles. The van der Waals surface area contributed by atoms with Gasteiger partial charge in [-0.15, -0.1) is 0 Å². The van der Waals surface area contributed by atoms with Gasteiger partial charge < -0.3 is 9.15 Å². The Morgan fingerprint density at radius 1 is 1.14 bits per heavy atom. The van der Waals surface area contributed by atoms with Crippen LogP contribution in [-0.4, -0.2) is 22.2 Å². The van der Waals surface area contributed by atoms with Gasteiger partial charge in [0.05, 0.1) is 23.6 Å². The molecule has 1 aliphatic heterocycles. The predicted molar refractivity (Wildman–Crippen MR) is 121 cm³/mol. The first-order valence-electron chi connectivity index (χ1n) is 8.78. The Kier molecular flexibility index (Phi) is 5.76. The van der Waals surface area contributed by atoms with E-state index in [2.05, 4.69) is 0 Å². The first-order valence-corrected chi connectivity index (χ1v) is 10.4. The molecule has 1 fully saturated rings. The molecule has 1 saturated heterocycles. The number of carbonyl (C=O) groups is 1. The zero-order chi connectivity index (χ0) is 20.4. The van der Waals surface area contributed by atoms with E-state index in [-0.39, 0.29) is 5.91 Å². The van der Waals surface area contributed by atoms with Crippen molar-refractivity contribution in [3.63, 3.8) is 0 Å². The van der Waals surface area contributed by atoms with E-state index in [1.807, 2.05) is 60.7 Å². The Balaban J connectivity index is 1.52. The summed E-state index contributed by atoms with van der Waals surface area (Å²) in [6, 6.07) is 18.7. The minimum Gasteiger partial charge on any atom is -0.497 e. The number of thioether (sulfide) groups is 1. The molecule has 3 aromatic rings. The molecule has 0 atom stereocenters. The summed E-state index contributed by atoms with van der Waals surface area (Å²) in [6.07, 6.45) is 1.72. The van der Waals surface area contributed by atoms with Crippen LogP contribution in [0.1, 0.15) is 11.3 Å². The van der Waals surface area contributed by atoms with Gasteiger partial charge in [-0.1, -0.05) is 59.8 Å². The lowest BCUT2D eigenvalue weighted by atomic mass is 10.2. The average Bonchev–Trinajstić information content (AvgIpc) is 3.29. The number of furan rings is 1. The molecule has 1 aromatic heterocycles. The van der Waals surface area contributed by atoms with E-state index in [1.54, 1.807) is 18.1 Å². The minimum absolute atomic E-state index is 0.133. The van der Waals surface area contributed by atoms with Crippen LogP contribution in [-0.2, 0) is 11.3 Å². The maximum Gasteiger partial charge on any atom is 0.266 e. The Morgan fingerprint density at radius 2 is 1.90 bits per heavy atom. The Hall–Kier alpha value is -2.54. The number of hydrogen-bond acceptors (Lipinski definition) is 5. The van der Waals surface area contributed by atoms with Gasteiger partial charge in [0.1, 0.15) is 21.6 Å². The van der Waals surface area contributed by atoms with Crippen molar-refractivity contribution in [1.29, 1.82) is 0 Å². The highest BCUT2D eigenvalue weighted by atomic mass is 35.5. The second kappa shape index (κ2) is 8.45. The van der Waals surface area contributed by atoms with E-state index < -0.39 is 0 Å². The van der Waals surface area contributed by atoms with Gasteiger partial charge in [-0.25, -0.2) is 0 Å². The predicted octanol–water partition coefficient (Wildman–Crippen LogP) is 6.01. The van der Waals surface area contributed by atoms with Crippen molar-refractivity contribution in [1.82, 2.24) is 4.90 Å². The first kappa shape index (κ1) is 19.8. The molecular formula is C22H16ClNO3S2. The number of nitrogens with zero attached hydrogens (tertiary/aromatic N) is 1. The highest BCUT2D eigenvalue weighted by molar-refractivity contribution is 8.26. The van der Waals surface area contributed by atoms with E-state index in [4.69, 9.17) is 33.0 Å². The summed E-state index contributed by atoms with van der Waals surface area (Å²) < 4.78 is 11.6. The fraction of sp³-hybridized carbons (Fsp3) is 0.0909.